The van der Waals surface area contributed by atoms with Crippen LogP contribution in [0.5, 0.6) is 5.75 Å². The molecular formula is C22H16BrN3O3. The average molecular weight is 450 g/mol. The smallest absolute Gasteiger partial charge is 0.278 e. The van der Waals surface area contributed by atoms with Gasteiger partial charge in [-0.05, 0) is 29.8 Å². The third-order valence-corrected chi connectivity index (χ3v) is 5.75. The minimum absolute atomic E-state index is 0.0279. The minimum Gasteiger partial charge on any atom is -0.464 e. The number of hydrogen-bond donors (Lipinski definition) is 0. The normalized spacial score (nSPS) is 19.8. The van der Waals surface area contributed by atoms with Gasteiger partial charge in [0.15, 0.2) is 0 Å². The van der Waals surface area contributed by atoms with Crippen LogP contribution in [-0.2, 0) is 0 Å². The van der Waals surface area contributed by atoms with Crippen molar-refractivity contribution < 1.29 is 9.66 Å². The van der Waals surface area contributed by atoms with Crippen molar-refractivity contribution in [2.45, 2.75) is 18.7 Å². The second kappa shape index (κ2) is 7.00. The highest BCUT2D eigenvalue weighted by Crippen LogP contribution is 2.49. The Kier molecular flexibility index (Phi) is 4.32. The predicted molar refractivity (Wildman–Crippen MR) is 113 cm³/mol. The van der Waals surface area contributed by atoms with Gasteiger partial charge in [0, 0.05) is 22.5 Å². The third kappa shape index (κ3) is 3.07. The van der Waals surface area contributed by atoms with E-state index in [0.717, 1.165) is 27.1 Å². The number of nitro groups is 1. The van der Waals surface area contributed by atoms with Gasteiger partial charge in [-0.3, -0.25) is 10.1 Å². The molecule has 144 valence electrons. The molecule has 0 spiro atoms. The summed E-state index contributed by atoms with van der Waals surface area (Å²) in [6, 6.07) is 22.5. The zero-order valence-corrected chi connectivity index (χ0v) is 16.8. The molecule has 0 bridgehead atoms. The van der Waals surface area contributed by atoms with Crippen LogP contribution in [0.2, 0.25) is 0 Å². The zero-order chi connectivity index (χ0) is 20.0. The number of nitrogens with zero attached hydrogens (tertiary/aromatic N) is 3. The number of hydrogen-bond acceptors (Lipinski definition) is 5. The molecule has 2 atom stereocenters. The van der Waals surface area contributed by atoms with Gasteiger partial charge < -0.3 is 4.74 Å². The Labute approximate surface area is 175 Å². The zero-order valence-electron chi connectivity index (χ0n) is 15.2. The molecule has 3 aromatic rings. The molecule has 7 heteroatoms. The first-order valence-electron chi connectivity index (χ1n) is 9.22. The summed E-state index contributed by atoms with van der Waals surface area (Å²) in [7, 11) is 0. The summed E-state index contributed by atoms with van der Waals surface area (Å²) in [5, 5.41) is 18.3. The van der Waals surface area contributed by atoms with Gasteiger partial charge in [-0.25, -0.2) is 5.01 Å². The quantitative estimate of drug-likeness (QED) is 0.385. The van der Waals surface area contributed by atoms with Crippen LogP contribution < -0.4 is 4.74 Å². The van der Waals surface area contributed by atoms with E-state index in [1.807, 2.05) is 53.5 Å². The van der Waals surface area contributed by atoms with Crippen molar-refractivity contribution in [1.29, 1.82) is 0 Å². The molecule has 0 aliphatic carbocycles. The van der Waals surface area contributed by atoms with Gasteiger partial charge in [-0.2, -0.15) is 5.10 Å². The van der Waals surface area contributed by atoms with Gasteiger partial charge in [0.05, 0.1) is 22.2 Å². The number of ether oxygens (including phenoxy) is 1. The van der Waals surface area contributed by atoms with Crippen LogP contribution in [-0.4, -0.2) is 15.6 Å². The largest absolute Gasteiger partial charge is 0.464 e. The maximum atomic E-state index is 11.6. The molecule has 0 saturated heterocycles. The number of fused-ring (bicyclic) bond motifs is 3. The van der Waals surface area contributed by atoms with Crippen LogP contribution in [0.15, 0.2) is 82.4 Å². The summed E-state index contributed by atoms with van der Waals surface area (Å²) in [5.41, 5.74) is 3.52. The summed E-state index contributed by atoms with van der Waals surface area (Å²) in [5.74, 6) is 0.724. The highest BCUT2D eigenvalue weighted by atomic mass is 79.9. The summed E-state index contributed by atoms with van der Waals surface area (Å²) in [6.07, 6.45) is 0.0324. The van der Waals surface area contributed by atoms with Gasteiger partial charge in [-0.1, -0.05) is 58.4 Å². The van der Waals surface area contributed by atoms with Gasteiger partial charge in [0.2, 0.25) is 6.23 Å². The van der Waals surface area contributed by atoms with Crippen LogP contribution >= 0.6 is 15.9 Å². The molecule has 0 aromatic heterocycles. The molecule has 0 radical (unpaired) electrons. The number of nitro benzene ring substituents is 1. The lowest BCUT2D eigenvalue weighted by Crippen LogP contribution is -2.34. The van der Waals surface area contributed by atoms with Crippen molar-refractivity contribution in [2.24, 2.45) is 5.10 Å². The fourth-order valence-corrected chi connectivity index (χ4v) is 4.31. The number of benzene rings is 3. The molecule has 29 heavy (non-hydrogen) atoms. The van der Waals surface area contributed by atoms with Gasteiger partial charge in [0.25, 0.3) is 5.69 Å². The number of para-hydroxylation sites is 1. The minimum atomic E-state index is -0.670. The average Bonchev–Trinajstić information content (AvgIpc) is 3.20. The van der Waals surface area contributed by atoms with Crippen molar-refractivity contribution in [3.63, 3.8) is 0 Å². The van der Waals surface area contributed by atoms with E-state index in [9.17, 15) is 10.1 Å². The molecule has 3 aromatic carbocycles. The highest BCUT2D eigenvalue weighted by molar-refractivity contribution is 9.10. The predicted octanol–water partition coefficient (Wildman–Crippen LogP) is 5.60. The lowest BCUT2D eigenvalue weighted by atomic mass is 9.96. The fourth-order valence-electron chi connectivity index (χ4n) is 3.93. The third-order valence-electron chi connectivity index (χ3n) is 5.26. The van der Waals surface area contributed by atoms with E-state index in [1.54, 1.807) is 18.2 Å². The van der Waals surface area contributed by atoms with Crippen molar-refractivity contribution >= 4 is 27.3 Å². The van der Waals surface area contributed by atoms with Gasteiger partial charge in [-0.15, -0.1) is 0 Å². The summed E-state index contributed by atoms with van der Waals surface area (Å²) in [4.78, 5) is 11.2. The summed E-state index contributed by atoms with van der Waals surface area (Å²) in [6.45, 7) is 0. The lowest BCUT2D eigenvalue weighted by molar-refractivity contribution is -0.386. The van der Waals surface area contributed by atoms with Crippen LogP contribution in [0.4, 0.5) is 5.69 Å². The monoisotopic (exact) mass is 449 g/mol. The molecule has 0 N–H and O–H groups in total. The van der Waals surface area contributed by atoms with E-state index in [0.29, 0.717) is 12.0 Å². The molecular weight excluding hydrogens is 434 g/mol. The molecule has 5 rings (SSSR count). The van der Waals surface area contributed by atoms with E-state index in [4.69, 9.17) is 9.84 Å². The van der Waals surface area contributed by atoms with Crippen molar-refractivity contribution in [3.05, 3.63) is 104 Å². The molecule has 0 amide bonds. The fraction of sp³-hybridized carbons (Fsp3) is 0.136. The van der Waals surface area contributed by atoms with Crippen molar-refractivity contribution in [2.75, 3.05) is 0 Å². The molecule has 6 nitrogen and oxygen atoms in total. The lowest BCUT2D eigenvalue weighted by Gasteiger charge is -2.38. The van der Waals surface area contributed by atoms with Gasteiger partial charge in [0.1, 0.15) is 5.75 Å². The molecule has 2 aliphatic heterocycles. The van der Waals surface area contributed by atoms with E-state index >= 15 is 0 Å². The Hall–Kier alpha value is -3.19. The van der Waals surface area contributed by atoms with Crippen molar-refractivity contribution in [3.8, 4) is 5.75 Å². The maximum absolute atomic E-state index is 11.6. The number of hydrazone groups is 1. The second-order valence-electron chi connectivity index (χ2n) is 6.98. The highest BCUT2D eigenvalue weighted by Gasteiger charge is 2.43. The number of halogens is 1. The van der Waals surface area contributed by atoms with Gasteiger partial charge >= 0.3 is 0 Å². The van der Waals surface area contributed by atoms with Crippen molar-refractivity contribution in [1.82, 2.24) is 5.01 Å². The van der Waals surface area contributed by atoms with Crippen LogP contribution in [0.1, 0.15) is 35.4 Å². The molecule has 0 saturated carbocycles. The summed E-state index contributed by atoms with van der Waals surface area (Å²) >= 11 is 3.54. The first kappa shape index (κ1) is 17.9. The topological polar surface area (TPSA) is 68.0 Å². The van der Waals surface area contributed by atoms with E-state index < -0.39 is 6.23 Å². The van der Waals surface area contributed by atoms with Crippen LogP contribution in [0, 0.1) is 10.1 Å². The second-order valence-corrected chi connectivity index (χ2v) is 7.90. The Morgan fingerprint density at radius 2 is 1.79 bits per heavy atom. The number of rotatable bonds is 3. The van der Waals surface area contributed by atoms with E-state index in [-0.39, 0.29) is 16.7 Å². The van der Waals surface area contributed by atoms with Crippen LogP contribution in [0.25, 0.3) is 0 Å². The first-order valence-corrected chi connectivity index (χ1v) is 10.0. The Bertz CT molecular complexity index is 1130. The maximum Gasteiger partial charge on any atom is 0.278 e. The Morgan fingerprint density at radius 1 is 1.03 bits per heavy atom. The molecule has 0 fully saturated rings. The Balaban J connectivity index is 1.65. The SMILES string of the molecule is O=[N+]([O-])c1ccccc1[C@@H]1Oc2ccc(Br)cc2[C@@H]2CC(c3ccccc3)=NN21. The Morgan fingerprint density at radius 3 is 2.59 bits per heavy atom. The molecule has 2 heterocycles. The standard InChI is InChI=1S/C22H16BrN3O3/c23-15-10-11-21-17(12-15)20-13-18(14-6-2-1-3-7-14)24-25(20)22(29-21)16-8-4-5-9-19(16)26(27)28/h1-12,20,22H,13H2/t20-,22-/m0/s1. The van der Waals surface area contributed by atoms with Crippen LogP contribution in [0.3, 0.4) is 0 Å². The molecule has 0 unspecified atom stereocenters. The molecule has 2 aliphatic rings. The van der Waals surface area contributed by atoms with E-state index in [1.165, 1.54) is 6.07 Å². The summed E-state index contributed by atoms with van der Waals surface area (Å²) < 4.78 is 7.21. The van der Waals surface area contributed by atoms with E-state index in [2.05, 4.69) is 15.9 Å². The first-order chi connectivity index (χ1) is 14.1.